The molecule has 1 fully saturated rings. The number of amides is 2. The van der Waals surface area contributed by atoms with Crippen molar-refractivity contribution >= 4 is 17.5 Å². The second-order valence-corrected chi connectivity index (χ2v) is 5.57. The molecule has 0 unspecified atom stereocenters. The van der Waals surface area contributed by atoms with Gasteiger partial charge in [-0.25, -0.2) is 0 Å². The first-order chi connectivity index (χ1) is 10.1. The Bertz CT molecular complexity index is 495. The smallest absolute Gasteiger partial charge is 0.237 e. The summed E-state index contributed by atoms with van der Waals surface area (Å²) < 4.78 is 0. The number of carbonyl (C=O) groups excluding carboxylic acids is 2. The molecule has 1 atom stereocenters. The highest BCUT2D eigenvalue weighted by atomic mass is 16.2. The number of anilines is 1. The first-order valence-electron chi connectivity index (χ1n) is 7.53. The molecule has 0 bridgehead atoms. The van der Waals surface area contributed by atoms with Gasteiger partial charge in [0.2, 0.25) is 11.8 Å². The zero-order chi connectivity index (χ0) is 15.2. The average Bonchev–Trinajstić information content (AvgIpc) is 3.31. The largest absolute Gasteiger partial charge is 0.351 e. The zero-order valence-corrected chi connectivity index (χ0v) is 12.4. The van der Waals surface area contributed by atoms with Crippen molar-refractivity contribution in [3.8, 4) is 0 Å². The Labute approximate surface area is 125 Å². The summed E-state index contributed by atoms with van der Waals surface area (Å²) in [6, 6.07) is 7.07. The lowest BCUT2D eigenvalue weighted by Gasteiger charge is -2.11. The molecule has 0 heterocycles. The molecule has 1 aromatic carbocycles. The fourth-order valence-electron chi connectivity index (χ4n) is 2.06. The Hall–Kier alpha value is -1.88. The molecular formula is C16H23N3O2. The highest BCUT2D eigenvalue weighted by Crippen LogP contribution is 2.30. The van der Waals surface area contributed by atoms with Crippen LogP contribution in [0, 0.1) is 5.92 Å². The Balaban J connectivity index is 1.79. The van der Waals surface area contributed by atoms with Gasteiger partial charge in [0.05, 0.1) is 6.04 Å². The quantitative estimate of drug-likeness (QED) is 0.715. The Morgan fingerprint density at radius 1 is 1.29 bits per heavy atom. The second kappa shape index (κ2) is 7.22. The van der Waals surface area contributed by atoms with Gasteiger partial charge in [-0.15, -0.1) is 0 Å². The number of nitrogens with two attached hydrogens (primary N) is 1. The lowest BCUT2D eigenvalue weighted by atomic mass is 10.1. The van der Waals surface area contributed by atoms with E-state index in [2.05, 4.69) is 10.6 Å². The molecule has 1 aliphatic rings. The van der Waals surface area contributed by atoms with E-state index in [1.54, 1.807) is 0 Å². The Morgan fingerprint density at radius 2 is 1.95 bits per heavy atom. The maximum atomic E-state index is 11.7. The van der Waals surface area contributed by atoms with E-state index >= 15 is 0 Å². The average molecular weight is 289 g/mol. The molecule has 0 spiro atoms. The van der Waals surface area contributed by atoms with Gasteiger partial charge < -0.3 is 16.4 Å². The SMILES string of the molecule is CCC[C@@H](N)C(=O)NCc1ccc(NC(=O)C2CC2)cc1. The normalized spacial score (nSPS) is 15.3. The van der Waals surface area contributed by atoms with Crippen molar-refractivity contribution in [3.63, 3.8) is 0 Å². The van der Waals surface area contributed by atoms with Crippen molar-refractivity contribution in [3.05, 3.63) is 29.8 Å². The maximum absolute atomic E-state index is 11.7. The van der Waals surface area contributed by atoms with Crippen LogP contribution in [0.5, 0.6) is 0 Å². The van der Waals surface area contributed by atoms with Gasteiger partial charge in [-0.2, -0.15) is 0 Å². The molecule has 0 aromatic heterocycles. The lowest BCUT2D eigenvalue weighted by Crippen LogP contribution is -2.40. The van der Waals surface area contributed by atoms with Gasteiger partial charge in [-0.1, -0.05) is 25.5 Å². The number of nitrogens with one attached hydrogen (secondary N) is 2. The minimum atomic E-state index is -0.438. The van der Waals surface area contributed by atoms with Crippen LogP contribution in [-0.2, 0) is 16.1 Å². The molecule has 114 valence electrons. The standard InChI is InChI=1S/C16H23N3O2/c1-2-3-14(17)16(21)18-10-11-4-8-13(9-5-11)19-15(20)12-6-7-12/h4-5,8-9,12,14H,2-3,6-7,10,17H2,1H3,(H,18,21)(H,19,20)/t14-/m1/s1. The molecule has 21 heavy (non-hydrogen) atoms. The topological polar surface area (TPSA) is 84.2 Å². The first kappa shape index (κ1) is 15.5. The van der Waals surface area contributed by atoms with Crippen LogP contribution in [0.15, 0.2) is 24.3 Å². The fourth-order valence-corrected chi connectivity index (χ4v) is 2.06. The second-order valence-electron chi connectivity index (χ2n) is 5.57. The summed E-state index contributed by atoms with van der Waals surface area (Å²) in [4.78, 5) is 23.3. The van der Waals surface area contributed by atoms with Crippen molar-refractivity contribution in [2.45, 2.75) is 45.2 Å². The number of hydrogen-bond acceptors (Lipinski definition) is 3. The van der Waals surface area contributed by atoms with E-state index in [1.165, 1.54) is 0 Å². The molecule has 1 aromatic rings. The molecule has 2 rings (SSSR count). The highest BCUT2D eigenvalue weighted by molar-refractivity contribution is 5.94. The van der Waals surface area contributed by atoms with E-state index in [4.69, 9.17) is 5.73 Å². The summed E-state index contributed by atoms with van der Waals surface area (Å²) in [5.74, 6) is 0.175. The zero-order valence-electron chi connectivity index (χ0n) is 12.4. The summed E-state index contributed by atoms with van der Waals surface area (Å²) in [6.07, 6.45) is 3.57. The number of carbonyl (C=O) groups is 2. The van der Waals surface area contributed by atoms with E-state index in [0.29, 0.717) is 13.0 Å². The molecule has 0 saturated heterocycles. The highest BCUT2D eigenvalue weighted by Gasteiger charge is 2.29. The van der Waals surface area contributed by atoms with Crippen LogP contribution >= 0.6 is 0 Å². The predicted molar refractivity (Wildman–Crippen MR) is 82.5 cm³/mol. The Morgan fingerprint density at radius 3 is 2.52 bits per heavy atom. The summed E-state index contributed by atoms with van der Waals surface area (Å²) in [7, 11) is 0. The van der Waals surface area contributed by atoms with E-state index in [1.807, 2.05) is 31.2 Å². The molecule has 0 aliphatic heterocycles. The summed E-state index contributed by atoms with van der Waals surface area (Å²) in [6.45, 7) is 2.45. The van der Waals surface area contributed by atoms with Crippen molar-refractivity contribution in [1.82, 2.24) is 5.32 Å². The van der Waals surface area contributed by atoms with Gasteiger partial charge in [0.15, 0.2) is 0 Å². The van der Waals surface area contributed by atoms with Gasteiger partial charge in [-0.05, 0) is 37.0 Å². The van der Waals surface area contributed by atoms with Crippen molar-refractivity contribution < 1.29 is 9.59 Å². The minimum absolute atomic E-state index is 0.0987. The minimum Gasteiger partial charge on any atom is -0.351 e. The molecule has 0 radical (unpaired) electrons. The fraction of sp³-hybridized carbons (Fsp3) is 0.500. The van der Waals surface area contributed by atoms with Gasteiger partial charge in [0.25, 0.3) is 0 Å². The van der Waals surface area contributed by atoms with Crippen LogP contribution in [0.25, 0.3) is 0 Å². The molecule has 5 heteroatoms. The molecule has 1 aliphatic carbocycles. The van der Waals surface area contributed by atoms with Crippen molar-refractivity contribution in [1.29, 1.82) is 0 Å². The maximum Gasteiger partial charge on any atom is 0.237 e. The van der Waals surface area contributed by atoms with Crippen LogP contribution in [0.4, 0.5) is 5.69 Å². The van der Waals surface area contributed by atoms with Crippen LogP contribution in [-0.4, -0.2) is 17.9 Å². The number of rotatable bonds is 7. The third-order valence-electron chi connectivity index (χ3n) is 3.57. The molecule has 1 saturated carbocycles. The predicted octanol–water partition coefficient (Wildman–Crippen LogP) is 1.78. The summed E-state index contributed by atoms with van der Waals surface area (Å²) in [5.41, 5.74) is 7.52. The van der Waals surface area contributed by atoms with Crippen LogP contribution in [0.1, 0.15) is 38.2 Å². The monoisotopic (exact) mass is 289 g/mol. The van der Waals surface area contributed by atoms with E-state index in [0.717, 1.165) is 30.5 Å². The first-order valence-corrected chi connectivity index (χ1v) is 7.53. The molecule has 5 nitrogen and oxygen atoms in total. The van der Waals surface area contributed by atoms with Crippen LogP contribution in [0.3, 0.4) is 0 Å². The molecular weight excluding hydrogens is 266 g/mol. The van der Waals surface area contributed by atoms with Crippen LogP contribution in [0.2, 0.25) is 0 Å². The Kier molecular flexibility index (Phi) is 5.33. The van der Waals surface area contributed by atoms with E-state index < -0.39 is 6.04 Å². The van der Waals surface area contributed by atoms with Crippen molar-refractivity contribution in [2.24, 2.45) is 11.7 Å². The van der Waals surface area contributed by atoms with Gasteiger partial charge in [0, 0.05) is 18.2 Å². The van der Waals surface area contributed by atoms with Gasteiger partial charge in [0.1, 0.15) is 0 Å². The molecule has 4 N–H and O–H groups in total. The number of benzene rings is 1. The lowest BCUT2D eigenvalue weighted by molar-refractivity contribution is -0.122. The van der Waals surface area contributed by atoms with E-state index in [9.17, 15) is 9.59 Å². The van der Waals surface area contributed by atoms with Gasteiger partial charge in [-0.3, -0.25) is 9.59 Å². The third kappa shape index (κ3) is 4.86. The van der Waals surface area contributed by atoms with Gasteiger partial charge >= 0.3 is 0 Å². The summed E-state index contributed by atoms with van der Waals surface area (Å²) in [5, 5.41) is 5.71. The molecule has 2 amide bonds. The third-order valence-corrected chi connectivity index (χ3v) is 3.57. The van der Waals surface area contributed by atoms with Crippen molar-refractivity contribution in [2.75, 3.05) is 5.32 Å². The number of hydrogen-bond donors (Lipinski definition) is 3. The van der Waals surface area contributed by atoms with E-state index in [-0.39, 0.29) is 17.7 Å². The van der Waals surface area contributed by atoms with Crippen LogP contribution < -0.4 is 16.4 Å². The summed E-state index contributed by atoms with van der Waals surface area (Å²) >= 11 is 0.